The third-order valence-corrected chi connectivity index (χ3v) is 5.07. The summed E-state index contributed by atoms with van der Waals surface area (Å²) in [4.78, 5) is 8.46. The topological polar surface area (TPSA) is 103 Å². The van der Waals surface area contributed by atoms with E-state index < -0.39 is 0 Å². The molecule has 3 heterocycles. The molecule has 3 N–H and O–H groups in total. The van der Waals surface area contributed by atoms with E-state index in [1.807, 2.05) is 36.4 Å². The van der Waals surface area contributed by atoms with Gasteiger partial charge in [0.15, 0.2) is 0 Å². The fourth-order valence-corrected chi connectivity index (χ4v) is 3.50. The number of thioether (sulfide) groups is 1. The van der Waals surface area contributed by atoms with Crippen LogP contribution in [-0.4, -0.2) is 20.2 Å². The molecule has 0 bridgehead atoms. The SMILES string of the molecule is Nc1cc(CSc2ncccc2-c2nnc(Nc3ccc(Cl)cc3)o2)ccn1. The zero-order valence-electron chi connectivity index (χ0n) is 14.5. The predicted molar refractivity (Wildman–Crippen MR) is 110 cm³/mol. The molecular formula is C19H15ClN6OS. The lowest BCUT2D eigenvalue weighted by Gasteiger charge is -2.05. The van der Waals surface area contributed by atoms with Gasteiger partial charge in [0.1, 0.15) is 10.8 Å². The number of nitrogens with one attached hydrogen (secondary N) is 1. The van der Waals surface area contributed by atoms with Gasteiger partial charge in [0, 0.05) is 28.9 Å². The maximum Gasteiger partial charge on any atom is 0.320 e. The molecular weight excluding hydrogens is 396 g/mol. The quantitative estimate of drug-likeness (QED) is 0.437. The largest absolute Gasteiger partial charge is 0.403 e. The van der Waals surface area contributed by atoms with Gasteiger partial charge in [-0.15, -0.1) is 16.9 Å². The average Bonchev–Trinajstić information content (AvgIpc) is 3.17. The van der Waals surface area contributed by atoms with Gasteiger partial charge in [-0.05, 0) is 54.1 Å². The Labute approximate surface area is 170 Å². The Morgan fingerprint density at radius 3 is 2.71 bits per heavy atom. The molecule has 0 radical (unpaired) electrons. The molecule has 1 aromatic carbocycles. The van der Waals surface area contributed by atoms with Gasteiger partial charge in [0.2, 0.25) is 0 Å². The van der Waals surface area contributed by atoms with Gasteiger partial charge in [-0.3, -0.25) is 0 Å². The summed E-state index contributed by atoms with van der Waals surface area (Å²) in [6.45, 7) is 0. The van der Waals surface area contributed by atoms with Crippen LogP contribution in [0.5, 0.6) is 0 Å². The first-order valence-corrected chi connectivity index (χ1v) is 9.68. The zero-order valence-corrected chi connectivity index (χ0v) is 16.1. The van der Waals surface area contributed by atoms with E-state index in [1.165, 1.54) is 0 Å². The normalized spacial score (nSPS) is 10.8. The third kappa shape index (κ3) is 4.41. The van der Waals surface area contributed by atoms with Crippen molar-refractivity contribution in [1.82, 2.24) is 20.2 Å². The van der Waals surface area contributed by atoms with Crippen molar-refractivity contribution in [3.8, 4) is 11.5 Å². The van der Waals surface area contributed by atoms with Crippen molar-refractivity contribution in [2.75, 3.05) is 11.1 Å². The summed E-state index contributed by atoms with van der Waals surface area (Å²) in [5, 5.41) is 12.7. The lowest BCUT2D eigenvalue weighted by atomic mass is 10.3. The minimum Gasteiger partial charge on any atom is -0.403 e. The van der Waals surface area contributed by atoms with Crippen molar-refractivity contribution >= 4 is 40.9 Å². The highest BCUT2D eigenvalue weighted by Crippen LogP contribution is 2.32. The fraction of sp³-hybridized carbons (Fsp3) is 0.0526. The van der Waals surface area contributed by atoms with Crippen molar-refractivity contribution in [2.24, 2.45) is 0 Å². The van der Waals surface area contributed by atoms with E-state index in [2.05, 4.69) is 25.5 Å². The zero-order chi connectivity index (χ0) is 19.3. The first-order chi connectivity index (χ1) is 13.7. The second-order valence-electron chi connectivity index (χ2n) is 5.78. The summed E-state index contributed by atoms with van der Waals surface area (Å²) in [5.41, 5.74) is 8.37. The Morgan fingerprint density at radius 2 is 1.89 bits per heavy atom. The van der Waals surface area contributed by atoms with Crippen molar-refractivity contribution in [3.63, 3.8) is 0 Å². The van der Waals surface area contributed by atoms with E-state index in [-0.39, 0.29) is 0 Å². The van der Waals surface area contributed by atoms with E-state index in [1.54, 1.807) is 36.3 Å². The van der Waals surface area contributed by atoms with Crippen LogP contribution in [0.3, 0.4) is 0 Å². The molecule has 9 heteroatoms. The summed E-state index contributed by atoms with van der Waals surface area (Å²) < 4.78 is 5.77. The average molecular weight is 411 g/mol. The number of nitrogens with zero attached hydrogens (tertiary/aromatic N) is 4. The van der Waals surface area contributed by atoms with E-state index in [0.717, 1.165) is 21.8 Å². The Kier molecular flexibility index (Phi) is 5.41. The number of pyridine rings is 2. The van der Waals surface area contributed by atoms with E-state index >= 15 is 0 Å². The van der Waals surface area contributed by atoms with Gasteiger partial charge in [-0.25, -0.2) is 9.97 Å². The van der Waals surface area contributed by atoms with Crippen molar-refractivity contribution in [3.05, 3.63) is 71.5 Å². The number of nitrogen functional groups attached to an aromatic ring is 1. The first kappa shape index (κ1) is 18.3. The van der Waals surface area contributed by atoms with Crippen LogP contribution in [0.4, 0.5) is 17.5 Å². The standard InChI is InChI=1S/C19H15ClN6OS/c20-13-3-5-14(6-4-13)24-19-26-25-17(27-19)15-2-1-8-23-18(15)28-11-12-7-9-22-16(21)10-12/h1-10H,11H2,(H2,21,22)(H,24,26). The molecule has 0 aliphatic carbocycles. The second-order valence-corrected chi connectivity index (χ2v) is 7.18. The number of nitrogens with two attached hydrogens (primary N) is 1. The Bertz CT molecular complexity index is 1090. The third-order valence-electron chi connectivity index (χ3n) is 3.74. The molecule has 0 saturated carbocycles. The van der Waals surface area contributed by atoms with Gasteiger partial charge in [0.25, 0.3) is 5.89 Å². The summed E-state index contributed by atoms with van der Waals surface area (Å²) in [7, 11) is 0. The second kappa shape index (κ2) is 8.28. The molecule has 0 atom stereocenters. The summed E-state index contributed by atoms with van der Waals surface area (Å²) in [6, 6.07) is 15.0. The van der Waals surface area contributed by atoms with Gasteiger partial charge in [0.05, 0.1) is 5.56 Å². The van der Waals surface area contributed by atoms with E-state index in [9.17, 15) is 0 Å². The number of hydrogen-bond donors (Lipinski definition) is 2. The molecule has 0 fully saturated rings. The molecule has 0 aliphatic heterocycles. The van der Waals surface area contributed by atoms with Crippen LogP contribution in [0.25, 0.3) is 11.5 Å². The molecule has 0 saturated heterocycles. The molecule has 4 aromatic rings. The molecule has 7 nitrogen and oxygen atoms in total. The van der Waals surface area contributed by atoms with Gasteiger partial charge >= 0.3 is 6.01 Å². The Balaban J connectivity index is 1.51. The lowest BCUT2D eigenvalue weighted by molar-refractivity contribution is 0.585. The highest BCUT2D eigenvalue weighted by molar-refractivity contribution is 7.98. The summed E-state index contributed by atoms with van der Waals surface area (Å²) >= 11 is 7.46. The molecule has 28 heavy (non-hydrogen) atoms. The maximum atomic E-state index is 5.90. The molecule has 0 spiro atoms. The molecule has 140 valence electrons. The van der Waals surface area contributed by atoms with Crippen LogP contribution in [0, 0.1) is 0 Å². The molecule has 3 aromatic heterocycles. The minimum atomic E-state index is 0.291. The first-order valence-electron chi connectivity index (χ1n) is 8.32. The van der Waals surface area contributed by atoms with Crippen molar-refractivity contribution in [2.45, 2.75) is 10.8 Å². The van der Waals surface area contributed by atoms with Crippen LogP contribution in [0.1, 0.15) is 5.56 Å². The van der Waals surface area contributed by atoms with Crippen molar-refractivity contribution in [1.29, 1.82) is 0 Å². The highest BCUT2D eigenvalue weighted by atomic mass is 35.5. The van der Waals surface area contributed by atoms with Crippen LogP contribution >= 0.6 is 23.4 Å². The van der Waals surface area contributed by atoms with Crippen LogP contribution in [0.2, 0.25) is 5.02 Å². The van der Waals surface area contributed by atoms with Crippen LogP contribution in [-0.2, 0) is 5.75 Å². The van der Waals surface area contributed by atoms with Gasteiger partial charge in [-0.1, -0.05) is 16.7 Å². The number of rotatable bonds is 6. The Morgan fingerprint density at radius 1 is 1.04 bits per heavy atom. The summed E-state index contributed by atoms with van der Waals surface area (Å²) in [6.07, 6.45) is 3.42. The molecule has 4 rings (SSSR count). The lowest BCUT2D eigenvalue weighted by Crippen LogP contribution is -1.92. The maximum absolute atomic E-state index is 5.90. The molecule has 0 unspecified atom stereocenters. The van der Waals surface area contributed by atoms with E-state index in [0.29, 0.717) is 28.5 Å². The van der Waals surface area contributed by atoms with E-state index in [4.69, 9.17) is 21.8 Å². The van der Waals surface area contributed by atoms with Crippen molar-refractivity contribution < 1.29 is 4.42 Å². The number of halogens is 1. The van der Waals surface area contributed by atoms with Gasteiger partial charge in [-0.2, -0.15) is 0 Å². The molecule has 0 aliphatic rings. The minimum absolute atomic E-state index is 0.291. The summed E-state index contributed by atoms with van der Waals surface area (Å²) in [5.74, 6) is 1.58. The van der Waals surface area contributed by atoms with Crippen LogP contribution < -0.4 is 11.1 Å². The smallest absolute Gasteiger partial charge is 0.320 e. The highest BCUT2D eigenvalue weighted by Gasteiger charge is 2.14. The molecule has 0 amide bonds. The number of anilines is 3. The number of aromatic nitrogens is 4. The van der Waals surface area contributed by atoms with Crippen LogP contribution in [0.15, 0.2) is 70.4 Å². The number of hydrogen-bond acceptors (Lipinski definition) is 8. The monoisotopic (exact) mass is 410 g/mol. The fourth-order valence-electron chi connectivity index (χ4n) is 2.44. The number of benzene rings is 1. The Hall–Kier alpha value is -3.10. The van der Waals surface area contributed by atoms with Gasteiger partial charge < -0.3 is 15.5 Å². The predicted octanol–water partition coefficient (Wildman–Crippen LogP) is 4.80.